The first-order chi connectivity index (χ1) is 16.4. The summed E-state index contributed by atoms with van der Waals surface area (Å²) >= 11 is 0. The van der Waals surface area contributed by atoms with Crippen LogP contribution in [0.3, 0.4) is 0 Å². The van der Waals surface area contributed by atoms with Crippen molar-refractivity contribution in [1.82, 2.24) is 0 Å². The van der Waals surface area contributed by atoms with Crippen LogP contribution in [0.1, 0.15) is 46.1 Å². The van der Waals surface area contributed by atoms with E-state index in [1.165, 1.54) is 27.7 Å². The first-order valence-corrected chi connectivity index (χ1v) is 10.6. The Morgan fingerprint density at radius 2 is 1.09 bits per heavy atom. The van der Waals surface area contributed by atoms with Crippen molar-refractivity contribution in [3.63, 3.8) is 0 Å². The Hall–Kier alpha value is -3.96. The summed E-state index contributed by atoms with van der Waals surface area (Å²) in [5, 5.41) is 8.53. The number of carbonyl (C=O) groups is 6. The minimum Gasteiger partial charge on any atom is -0.481 e. The molecular formula is C23H28O12. The van der Waals surface area contributed by atoms with Gasteiger partial charge in [-0.25, -0.2) is 19.2 Å². The average molecular weight is 496 g/mol. The predicted molar refractivity (Wildman–Crippen MR) is 115 cm³/mol. The van der Waals surface area contributed by atoms with Crippen LogP contribution < -0.4 is 0 Å². The van der Waals surface area contributed by atoms with Gasteiger partial charge in [0.2, 0.25) is 0 Å². The lowest BCUT2D eigenvalue weighted by Crippen LogP contribution is -2.37. The number of benzene rings is 1. The fraction of sp³-hybridized carbons (Fsp3) is 0.478. The van der Waals surface area contributed by atoms with Crippen LogP contribution in [-0.2, 0) is 59.1 Å². The average Bonchev–Trinajstić information content (AvgIpc) is 2.81. The van der Waals surface area contributed by atoms with Gasteiger partial charge in [0.15, 0.2) is 24.4 Å². The van der Waals surface area contributed by atoms with E-state index in [-0.39, 0.29) is 6.61 Å². The quantitative estimate of drug-likeness (QED) is 0.307. The van der Waals surface area contributed by atoms with E-state index in [9.17, 15) is 28.8 Å². The van der Waals surface area contributed by atoms with Gasteiger partial charge in [-0.05, 0) is 33.3 Å². The molecule has 0 aliphatic rings. The third-order valence-corrected chi connectivity index (χ3v) is 4.28. The van der Waals surface area contributed by atoms with Crippen LogP contribution in [-0.4, -0.2) is 65.3 Å². The Kier molecular flexibility index (Phi) is 11.9. The fourth-order valence-electron chi connectivity index (χ4n) is 2.31. The molecule has 0 saturated carbocycles. The maximum absolute atomic E-state index is 12.1. The first kappa shape index (κ1) is 29.1. The molecule has 0 saturated heterocycles. The number of hydrogen-bond donors (Lipinski definition) is 1. The van der Waals surface area contributed by atoms with Crippen LogP contribution >= 0.6 is 0 Å². The van der Waals surface area contributed by atoms with Gasteiger partial charge in [0.05, 0.1) is 12.8 Å². The number of ether oxygens (including phenoxy) is 5. The Labute approximate surface area is 201 Å². The fourth-order valence-corrected chi connectivity index (χ4v) is 2.31. The summed E-state index contributed by atoms with van der Waals surface area (Å²) in [4.78, 5) is 70.2. The van der Waals surface area contributed by atoms with Crippen molar-refractivity contribution in [3.8, 4) is 0 Å². The molecule has 192 valence electrons. The van der Waals surface area contributed by atoms with Crippen molar-refractivity contribution in [2.24, 2.45) is 0 Å². The van der Waals surface area contributed by atoms with Crippen molar-refractivity contribution in [3.05, 3.63) is 35.9 Å². The maximum atomic E-state index is 12.1. The largest absolute Gasteiger partial charge is 0.481 e. The number of carboxylic acids is 1. The van der Waals surface area contributed by atoms with Gasteiger partial charge in [0, 0.05) is 0 Å². The minimum absolute atomic E-state index is 0.0116. The smallest absolute Gasteiger partial charge is 0.347 e. The van der Waals surface area contributed by atoms with Crippen LogP contribution in [0.25, 0.3) is 0 Å². The first-order valence-electron chi connectivity index (χ1n) is 10.6. The van der Waals surface area contributed by atoms with E-state index >= 15 is 0 Å². The van der Waals surface area contributed by atoms with Gasteiger partial charge in [-0.15, -0.1) is 0 Å². The molecule has 1 N–H and O–H groups in total. The highest BCUT2D eigenvalue weighted by atomic mass is 16.6. The second-order valence-electron chi connectivity index (χ2n) is 7.36. The van der Waals surface area contributed by atoms with Gasteiger partial charge in [-0.1, -0.05) is 30.3 Å². The van der Waals surface area contributed by atoms with Gasteiger partial charge in [0.1, 0.15) is 6.61 Å². The van der Waals surface area contributed by atoms with E-state index in [0.29, 0.717) is 0 Å². The number of carboxylic acid groups (broad SMARTS) is 1. The van der Waals surface area contributed by atoms with Gasteiger partial charge in [-0.3, -0.25) is 9.59 Å². The molecule has 0 amide bonds. The third kappa shape index (κ3) is 11.1. The predicted octanol–water partition coefficient (Wildman–Crippen LogP) is 1.32. The lowest BCUT2D eigenvalue weighted by atomic mass is 10.2. The highest BCUT2D eigenvalue weighted by Crippen LogP contribution is 2.08. The SMILES string of the molecule is CC(OC(=O)[C@H](C)OC(=O)CCC(=O)O)C(=O)O[C@@H](C)C(=O)O[C@@H](C)C(=O)OCc1ccccc1. The molecule has 4 atom stereocenters. The lowest BCUT2D eigenvalue weighted by Gasteiger charge is -2.19. The van der Waals surface area contributed by atoms with E-state index in [0.717, 1.165) is 5.56 Å². The van der Waals surface area contributed by atoms with E-state index in [2.05, 4.69) is 0 Å². The lowest BCUT2D eigenvalue weighted by molar-refractivity contribution is -0.185. The summed E-state index contributed by atoms with van der Waals surface area (Å²) in [6.45, 7) is 4.83. The number of aliphatic carboxylic acids is 1. The van der Waals surface area contributed by atoms with Crippen LogP contribution in [0.5, 0.6) is 0 Å². The van der Waals surface area contributed by atoms with Gasteiger partial charge < -0.3 is 28.8 Å². The molecule has 0 heterocycles. The second kappa shape index (κ2) is 14.3. The molecule has 1 unspecified atom stereocenters. The van der Waals surface area contributed by atoms with Crippen molar-refractivity contribution >= 4 is 35.8 Å². The highest BCUT2D eigenvalue weighted by molar-refractivity contribution is 5.86. The van der Waals surface area contributed by atoms with E-state index < -0.39 is 73.1 Å². The second-order valence-corrected chi connectivity index (χ2v) is 7.36. The molecule has 1 aromatic carbocycles. The molecule has 0 aromatic heterocycles. The molecule has 0 aliphatic carbocycles. The van der Waals surface area contributed by atoms with Crippen LogP contribution in [0, 0.1) is 0 Å². The normalized spacial score (nSPS) is 13.8. The molecule has 0 aliphatic heterocycles. The summed E-state index contributed by atoms with van der Waals surface area (Å²) in [5.74, 6) is -6.13. The zero-order chi connectivity index (χ0) is 26.5. The molecule has 0 radical (unpaired) electrons. The molecule has 12 nitrogen and oxygen atoms in total. The van der Waals surface area contributed by atoms with Crippen molar-refractivity contribution in [2.45, 2.75) is 71.6 Å². The number of esters is 5. The standard InChI is InChI=1S/C23H28O12/c1-13(20(27)31-12-17-8-6-5-7-9-17)33-22(29)15(3)35-23(30)16(4)34-21(28)14(2)32-19(26)11-10-18(24)25/h5-9,13-16H,10-12H2,1-4H3,(H,24,25)/t13-,14-,15-,16?/m0/s1. The molecule has 12 heteroatoms. The summed E-state index contributed by atoms with van der Waals surface area (Å²) in [7, 11) is 0. The van der Waals surface area contributed by atoms with E-state index in [1.807, 2.05) is 0 Å². The topological polar surface area (TPSA) is 169 Å². The third-order valence-electron chi connectivity index (χ3n) is 4.28. The van der Waals surface area contributed by atoms with Gasteiger partial charge >= 0.3 is 35.8 Å². The number of rotatable bonds is 13. The Bertz CT molecular complexity index is 910. The van der Waals surface area contributed by atoms with Crippen LogP contribution in [0.4, 0.5) is 0 Å². The summed E-state index contributed by atoms with van der Waals surface area (Å²) in [6.07, 6.45) is -6.48. The van der Waals surface area contributed by atoms with Crippen LogP contribution in [0.15, 0.2) is 30.3 Å². The molecule has 1 aromatic rings. The highest BCUT2D eigenvalue weighted by Gasteiger charge is 2.30. The van der Waals surface area contributed by atoms with Crippen molar-refractivity contribution in [2.75, 3.05) is 0 Å². The van der Waals surface area contributed by atoms with E-state index in [1.54, 1.807) is 30.3 Å². The Morgan fingerprint density at radius 1 is 0.657 bits per heavy atom. The van der Waals surface area contributed by atoms with Gasteiger partial charge in [-0.2, -0.15) is 0 Å². The molecule has 0 bridgehead atoms. The summed E-state index contributed by atoms with van der Waals surface area (Å²) in [5.41, 5.74) is 0.745. The Balaban J connectivity index is 2.44. The monoisotopic (exact) mass is 496 g/mol. The van der Waals surface area contributed by atoms with Crippen molar-refractivity contribution in [1.29, 1.82) is 0 Å². The molecule has 0 fully saturated rings. The van der Waals surface area contributed by atoms with E-state index in [4.69, 9.17) is 28.8 Å². The Morgan fingerprint density at radius 3 is 1.54 bits per heavy atom. The van der Waals surface area contributed by atoms with Gasteiger partial charge in [0.25, 0.3) is 0 Å². The zero-order valence-corrected chi connectivity index (χ0v) is 19.8. The molecule has 0 spiro atoms. The summed E-state index contributed by atoms with van der Waals surface area (Å²) in [6, 6.07) is 8.86. The van der Waals surface area contributed by atoms with Crippen LogP contribution in [0.2, 0.25) is 0 Å². The maximum Gasteiger partial charge on any atom is 0.347 e. The zero-order valence-electron chi connectivity index (χ0n) is 19.8. The molecular weight excluding hydrogens is 468 g/mol. The molecule has 1 rings (SSSR count). The number of carbonyl (C=O) groups excluding carboxylic acids is 5. The molecule has 35 heavy (non-hydrogen) atoms. The summed E-state index contributed by atoms with van der Waals surface area (Å²) < 4.78 is 24.5. The number of hydrogen-bond acceptors (Lipinski definition) is 11. The minimum atomic E-state index is -1.47. The van der Waals surface area contributed by atoms with Crippen molar-refractivity contribution < 1.29 is 57.6 Å².